The largest absolute Gasteiger partial charge is 0.460 e. The van der Waals surface area contributed by atoms with Crippen molar-refractivity contribution in [3.05, 3.63) is 36.6 Å². The maximum absolute atomic E-state index is 5.67. The maximum atomic E-state index is 5.67. The quantitative estimate of drug-likeness (QED) is 0.780. The third kappa shape index (κ3) is 2.67. The summed E-state index contributed by atoms with van der Waals surface area (Å²) in [4.78, 5) is 7.92. The molecule has 0 fully saturated rings. The zero-order valence-electron chi connectivity index (χ0n) is 9.31. The second-order valence-corrected chi connectivity index (χ2v) is 3.57. The van der Waals surface area contributed by atoms with Crippen LogP contribution in [0.25, 0.3) is 11.3 Å². The lowest BCUT2D eigenvalue weighted by Gasteiger charge is -1.99. The summed E-state index contributed by atoms with van der Waals surface area (Å²) in [7, 11) is 0. The molecule has 0 radical (unpaired) electrons. The molecule has 2 aromatic rings. The smallest absolute Gasteiger partial charge is 0.137 e. The van der Waals surface area contributed by atoms with Gasteiger partial charge in [0.1, 0.15) is 17.8 Å². The highest BCUT2D eigenvalue weighted by Crippen LogP contribution is 2.20. The zero-order valence-corrected chi connectivity index (χ0v) is 9.31. The summed E-state index contributed by atoms with van der Waals surface area (Å²) in [5.41, 5.74) is 0.907. The Morgan fingerprint density at radius 3 is 2.81 bits per heavy atom. The molecular weight excluding hydrogens is 202 g/mol. The van der Waals surface area contributed by atoms with E-state index in [4.69, 9.17) is 4.42 Å². The summed E-state index contributed by atoms with van der Waals surface area (Å²) in [5, 5.41) is 3.29. The van der Waals surface area contributed by atoms with Crippen molar-refractivity contribution in [2.24, 2.45) is 0 Å². The molecule has 0 unspecified atom stereocenters. The van der Waals surface area contributed by atoms with E-state index in [1.807, 2.05) is 12.1 Å². The summed E-state index contributed by atoms with van der Waals surface area (Å²) in [6.07, 6.45) is 6.13. The number of aromatic nitrogens is 2. The van der Waals surface area contributed by atoms with Gasteiger partial charge in [-0.25, -0.2) is 9.97 Å². The SMILES string of the molecule is CCCNCc1ccc(-c2cncnc2)o1. The van der Waals surface area contributed by atoms with Gasteiger partial charge in [0.15, 0.2) is 0 Å². The Hall–Kier alpha value is -1.68. The zero-order chi connectivity index (χ0) is 11.2. The minimum Gasteiger partial charge on any atom is -0.460 e. The number of nitrogens with zero attached hydrogens (tertiary/aromatic N) is 2. The van der Waals surface area contributed by atoms with Crippen LogP contribution in [0.1, 0.15) is 19.1 Å². The molecule has 2 aromatic heterocycles. The first kappa shape index (κ1) is 10.8. The molecule has 0 amide bonds. The highest BCUT2D eigenvalue weighted by atomic mass is 16.3. The van der Waals surface area contributed by atoms with Crippen LogP contribution in [-0.2, 0) is 6.54 Å². The van der Waals surface area contributed by atoms with Crippen molar-refractivity contribution in [1.82, 2.24) is 15.3 Å². The van der Waals surface area contributed by atoms with Gasteiger partial charge in [0.05, 0.1) is 12.1 Å². The fourth-order valence-electron chi connectivity index (χ4n) is 1.44. The van der Waals surface area contributed by atoms with E-state index in [2.05, 4.69) is 22.2 Å². The predicted molar refractivity (Wildman–Crippen MR) is 61.7 cm³/mol. The van der Waals surface area contributed by atoms with Crippen molar-refractivity contribution in [2.75, 3.05) is 6.54 Å². The number of hydrogen-bond acceptors (Lipinski definition) is 4. The van der Waals surface area contributed by atoms with E-state index in [0.29, 0.717) is 0 Å². The van der Waals surface area contributed by atoms with Gasteiger partial charge in [0.25, 0.3) is 0 Å². The van der Waals surface area contributed by atoms with Crippen LogP contribution in [0.2, 0.25) is 0 Å². The Bertz CT molecular complexity index is 425. The minimum absolute atomic E-state index is 0.765. The molecule has 4 nitrogen and oxygen atoms in total. The minimum atomic E-state index is 0.765. The van der Waals surface area contributed by atoms with Crippen molar-refractivity contribution in [3.63, 3.8) is 0 Å². The van der Waals surface area contributed by atoms with Gasteiger partial charge in [0.2, 0.25) is 0 Å². The molecule has 0 saturated carbocycles. The average Bonchev–Trinajstić information content (AvgIpc) is 2.79. The van der Waals surface area contributed by atoms with E-state index in [9.17, 15) is 0 Å². The molecule has 1 N–H and O–H groups in total. The molecular formula is C12H15N3O. The molecule has 0 saturated heterocycles. The van der Waals surface area contributed by atoms with Crippen LogP contribution in [0.3, 0.4) is 0 Å². The second kappa shape index (κ2) is 5.42. The van der Waals surface area contributed by atoms with Crippen molar-refractivity contribution in [3.8, 4) is 11.3 Å². The molecule has 0 spiro atoms. The molecule has 0 aromatic carbocycles. The third-order valence-corrected chi connectivity index (χ3v) is 2.23. The van der Waals surface area contributed by atoms with E-state index in [1.165, 1.54) is 6.33 Å². The summed E-state index contributed by atoms with van der Waals surface area (Å²) in [5.74, 6) is 1.75. The van der Waals surface area contributed by atoms with Gasteiger partial charge in [-0.2, -0.15) is 0 Å². The Morgan fingerprint density at radius 2 is 2.06 bits per heavy atom. The molecule has 0 aliphatic carbocycles. The number of nitrogens with one attached hydrogen (secondary N) is 1. The van der Waals surface area contributed by atoms with Crippen LogP contribution in [0, 0.1) is 0 Å². The fourth-order valence-corrected chi connectivity index (χ4v) is 1.44. The highest BCUT2D eigenvalue weighted by molar-refractivity contribution is 5.54. The standard InChI is InChI=1S/C12H15N3O/c1-2-5-13-8-11-3-4-12(16-11)10-6-14-9-15-7-10/h3-4,6-7,9,13H,2,5,8H2,1H3. The summed E-state index contributed by atoms with van der Waals surface area (Å²) in [6.45, 7) is 3.91. The first-order valence-corrected chi connectivity index (χ1v) is 5.45. The van der Waals surface area contributed by atoms with Gasteiger partial charge in [-0.1, -0.05) is 6.92 Å². The van der Waals surface area contributed by atoms with Crippen LogP contribution in [0.4, 0.5) is 0 Å². The molecule has 0 atom stereocenters. The molecule has 0 aliphatic rings. The van der Waals surface area contributed by atoms with Gasteiger partial charge >= 0.3 is 0 Å². The Labute approximate surface area is 94.7 Å². The molecule has 2 heterocycles. The lowest BCUT2D eigenvalue weighted by Crippen LogP contribution is -2.12. The monoisotopic (exact) mass is 217 g/mol. The van der Waals surface area contributed by atoms with Gasteiger partial charge in [-0.05, 0) is 25.1 Å². The van der Waals surface area contributed by atoms with Crippen molar-refractivity contribution in [1.29, 1.82) is 0 Å². The lowest BCUT2D eigenvalue weighted by molar-refractivity contribution is 0.493. The topological polar surface area (TPSA) is 51.0 Å². The molecule has 4 heteroatoms. The Kier molecular flexibility index (Phi) is 3.66. The molecule has 0 bridgehead atoms. The van der Waals surface area contributed by atoms with E-state index in [1.54, 1.807) is 12.4 Å². The van der Waals surface area contributed by atoms with E-state index < -0.39 is 0 Å². The van der Waals surface area contributed by atoms with Gasteiger partial charge in [0, 0.05) is 12.4 Å². The fraction of sp³-hybridized carbons (Fsp3) is 0.333. The van der Waals surface area contributed by atoms with E-state index in [-0.39, 0.29) is 0 Å². The maximum Gasteiger partial charge on any atom is 0.137 e. The Balaban J connectivity index is 2.02. The number of hydrogen-bond donors (Lipinski definition) is 1. The third-order valence-electron chi connectivity index (χ3n) is 2.23. The number of furan rings is 1. The Morgan fingerprint density at radius 1 is 1.25 bits per heavy atom. The molecule has 16 heavy (non-hydrogen) atoms. The molecule has 84 valence electrons. The predicted octanol–water partition coefficient (Wildman–Crippen LogP) is 2.24. The van der Waals surface area contributed by atoms with Crippen molar-refractivity contribution in [2.45, 2.75) is 19.9 Å². The summed E-state index contributed by atoms with van der Waals surface area (Å²) < 4.78 is 5.67. The van der Waals surface area contributed by atoms with Crippen LogP contribution in [-0.4, -0.2) is 16.5 Å². The normalized spacial score (nSPS) is 10.6. The lowest BCUT2D eigenvalue weighted by atomic mass is 10.3. The number of rotatable bonds is 5. The van der Waals surface area contributed by atoms with Crippen LogP contribution >= 0.6 is 0 Å². The summed E-state index contributed by atoms with van der Waals surface area (Å²) in [6, 6.07) is 3.92. The molecule has 0 aliphatic heterocycles. The second-order valence-electron chi connectivity index (χ2n) is 3.57. The van der Waals surface area contributed by atoms with E-state index >= 15 is 0 Å². The van der Waals surface area contributed by atoms with Crippen LogP contribution in [0.15, 0.2) is 35.3 Å². The van der Waals surface area contributed by atoms with Gasteiger partial charge in [-0.3, -0.25) is 0 Å². The van der Waals surface area contributed by atoms with Crippen LogP contribution < -0.4 is 5.32 Å². The summed E-state index contributed by atoms with van der Waals surface area (Å²) >= 11 is 0. The van der Waals surface area contributed by atoms with E-state index in [0.717, 1.165) is 36.6 Å². The van der Waals surface area contributed by atoms with Crippen LogP contribution in [0.5, 0.6) is 0 Å². The highest BCUT2D eigenvalue weighted by Gasteiger charge is 2.04. The van der Waals surface area contributed by atoms with Gasteiger partial charge < -0.3 is 9.73 Å². The van der Waals surface area contributed by atoms with Crippen molar-refractivity contribution < 1.29 is 4.42 Å². The first-order valence-electron chi connectivity index (χ1n) is 5.45. The first-order chi connectivity index (χ1) is 7.90. The molecule has 2 rings (SSSR count). The van der Waals surface area contributed by atoms with Gasteiger partial charge in [-0.15, -0.1) is 0 Å². The average molecular weight is 217 g/mol. The van der Waals surface area contributed by atoms with Crippen molar-refractivity contribution >= 4 is 0 Å².